The maximum Gasteiger partial charge on any atom is 0.272 e. The Balaban J connectivity index is 1.91. The highest BCUT2D eigenvalue weighted by Gasteiger charge is 2.10. The first-order valence-electron chi connectivity index (χ1n) is 7.21. The van der Waals surface area contributed by atoms with Gasteiger partial charge in [0.25, 0.3) is 5.91 Å². The lowest BCUT2D eigenvalue weighted by Crippen LogP contribution is -2.32. The summed E-state index contributed by atoms with van der Waals surface area (Å²) in [5, 5.41) is 14.7. The first kappa shape index (κ1) is 16.2. The molecule has 0 fully saturated rings. The Labute approximate surface area is 135 Å². The van der Waals surface area contributed by atoms with Crippen molar-refractivity contribution in [1.82, 2.24) is 15.5 Å². The molecule has 2 aromatic rings. The summed E-state index contributed by atoms with van der Waals surface area (Å²) in [4.78, 5) is 11.9. The lowest BCUT2D eigenvalue weighted by Gasteiger charge is -2.10. The van der Waals surface area contributed by atoms with Crippen LogP contribution in [0.5, 0.6) is 0 Å². The van der Waals surface area contributed by atoms with Crippen molar-refractivity contribution in [2.24, 2.45) is 0 Å². The second-order valence-electron chi connectivity index (χ2n) is 5.07. The fourth-order valence-electron chi connectivity index (χ4n) is 1.74. The molecule has 1 unspecified atom stereocenters. The number of aromatic nitrogens is 2. The molecule has 1 atom stereocenters. The van der Waals surface area contributed by atoms with Gasteiger partial charge in [0.1, 0.15) is 5.82 Å². The third-order valence-electron chi connectivity index (χ3n) is 3.27. The molecule has 1 amide bonds. The number of carbonyl (C=O) groups is 1. The fraction of sp³-hybridized carbons (Fsp3) is 0.312. The van der Waals surface area contributed by atoms with Crippen molar-refractivity contribution >= 4 is 23.3 Å². The van der Waals surface area contributed by atoms with E-state index in [2.05, 4.69) is 20.8 Å². The number of hydrogen-bond acceptors (Lipinski definition) is 4. The van der Waals surface area contributed by atoms with E-state index in [0.29, 0.717) is 23.1 Å². The Hall–Kier alpha value is -2.14. The van der Waals surface area contributed by atoms with Gasteiger partial charge in [-0.2, -0.15) is 0 Å². The number of hydrogen-bond donors (Lipinski definition) is 2. The zero-order valence-corrected chi connectivity index (χ0v) is 13.4. The summed E-state index contributed by atoms with van der Waals surface area (Å²) in [6.07, 6.45) is 0.875. The smallest absolute Gasteiger partial charge is 0.272 e. The van der Waals surface area contributed by atoms with E-state index >= 15 is 0 Å². The topological polar surface area (TPSA) is 66.9 Å². The van der Waals surface area contributed by atoms with Crippen LogP contribution in [0, 0.1) is 0 Å². The predicted molar refractivity (Wildman–Crippen MR) is 88.0 cm³/mol. The van der Waals surface area contributed by atoms with Crippen molar-refractivity contribution < 1.29 is 4.79 Å². The number of amides is 1. The van der Waals surface area contributed by atoms with Gasteiger partial charge in [-0.3, -0.25) is 4.79 Å². The molecular weight excluding hydrogens is 300 g/mol. The molecule has 5 nitrogen and oxygen atoms in total. The summed E-state index contributed by atoms with van der Waals surface area (Å²) >= 11 is 5.84. The van der Waals surface area contributed by atoms with E-state index in [0.717, 1.165) is 12.0 Å². The van der Waals surface area contributed by atoms with Crippen LogP contribution in [0.25, 0.3) is 0 Å². The summed E-state index contributed by atoms with van der Waals surface area (Å²) < 4.78 is 0. The quantitative estimate of drug-likeness (QED) is 0.858. The van der Waals surface area contributed by atoms with Crippen molar-refractivity contribution in [3.63, 3.8) is 0 Å². The molecule has 6 heteroatoms. The van der Waals surface area contributed by atoms with Crippen LogP contribution in [-0.4, -0.2) is 22.1 Å². The van der Waals surface area contributed by atoms with Crippen LogP contribution in [0.1, 0.15) is 36.3 Å². The van der Waals surface area contributed by atoms with Crippen molar-refractivity contribution in [3.8, 4) is 0 Å². The molecular formula is C16H19ClN4O. The minimum absolute atomic E-state index is 0.122. The highest BCUT2D eigenvalue weighted by Crippen LogP contribution is 2.11. The van der Waals surface area contributed by atoms with Crippen LogP contribution in [0.15, 0.2) is 36.4 Å². The Bertz CT molecular complexity index is 613. The van der Waals surface area contributed by atoms with Gasteiger partial charge in [-0.1, -0.05) is 30.7 Å². The van der Waals surface area contributed by atoms with E-state index in [1.807, 2.05) is 38.1 Å². The van der Waals surface area contributed by atoms with Crippen LogP contribution in [-0.2, 0) is 6.54 Å². The molecule has 1 aromatic heterocycles. The molecule has 0 radical (unpaired) electrons. The molecule has 0 spiro atoms. The van der Waals surface area contributed by atoms with E-state index < -0.39 is 0 Å². The normalized spacial score (nSPS) is 11.8. The minimum atomic E-state index is -0.203. The standard InChI is InChI=1S/C16H19ClN4O/c1-3-11(2)19-16(22)14-8-9-15(21-20-14)18-10-12-4-6-13(17)7-5-12/h4-9,11H,3,10H2,1-2H3,(H,18,21)(H,19,22). The molecule has 116 valence electrons. The molecule has 2 N–H and O–H groups in total. The van der Waals surface area contributed by atoms with Gasteiger partial charge in [-0.15, -0.1) is 10.2 Å². The lowest BCUT2D eigenvalue weighted by atomic mass is 10.2. The van der Waals surface area contributed by atoms with Crippen LogP contribution >= 0.6 is 11.6 Å². The second kappa shape index (κ2) is 7.75. The maximum absolute atomic E-state index is 11.9. The number of rotatable bonds is 6. The number of nitrogens with zero attached hydrogens (tertiary/aromatic N) is 2. The van der Waals surface area contributed by atoms with Gasteiger partial charge in [0.2, 0.25) is 0 Å². The Morgan fingerprint density at radius 3 is 2.50 bits per heavy atom. The van der Waals surface area contributed by atoms with Gasteiger partial charge >= 0.3 is 0 Å². The Morgan fingerprint density at radius 1 is 1.18 bits per heavy atom. The molecule has 1 heterocycles. The number of carbonyl (C=O) groups excluding carboxylic acids is 1. The van der Waals surface area contributed by atoms with Gasteiger partial charge in [0, 0.05) is 17.6 Å². The largest absolute Gasteiger partial charge is 0.365 e. The molecule has 0 saturated carbocycles. The Morgan fingerprint density at radius 2 is 1.91 bits per heavy atom. The Kier molecular flexibility index (Phi) is 5.72. The summed E-state index contributed by atoms with van der Waals surface area (Å²) in [7, 11) is 0. The van der Waals surface area contributed by atoms with Gasteiger partial charge in [0.15, 0.2) is 5.69 Å². The van der Waals surface area contributed by atoms with Crippen molar-refractivity contribution in [1.29, 1.82) is 0 Å². The number of nitrogens with one attached hydrogen (secondary N) is 2. The van der Waals surface area contributed by atoms with Gasteiger partial charge in [0.05, 0.1) is 0 Å². The van der Waals surface area contributed by atoms with E-state index in [4.69, 9.17) is 11.6 Å². The zero-order chi connectivity index (χ0) is 15.9. The van der Waals surface area contributed by atoms with Gasteiger partial charge in [-0.05, 0) is 43.2 Å². The average Bonchev–Trinajstić information content (AvgIpc) is 2.54. The summed E-state index contributed by atoms with van der Waals surface area (Å²) in [6, 6.07) is 11.1. The van der Waals surface area contributed by atoms with E-state index in [1.165, 1.54) is 0 Å². The molecule has 0 aliphatic carbocycles. The van der Waals surface area contributed by atoms with Crippen LogP contribution in [0.3, 0.4) is 0 Å². The highest BCUT2D eigenvalue weighted by molar-refractivity contribution is 6.30. The SMILES string of the molecule is CCC(C)NC(=O)c1ccc(NCc2ccc(Cl)cc2)nn1. The first-order valence-corrected chi connectivity index (χ1v) is 7.59. The second-order valence-corrected chi connectivity index (χ2v) is 5.50. The van der Waals surface area contributed by atoms with Crippen molar-refractivity contribution in [3.05, 3.63) is 52.7 Å². The number of anilines is 1. The lowest BCUT2D eigenvalue weighted by molar-refractivity contribution is 0.0933. The van der Waals surface area contributed by atoms with Crippen molar-refractivity contribution in [2.75, 3.05) is 5.32 Å². The monoisotopic (exact) mass is 318 g/mol. The van der Waals surface area contributed by atoms with Gasteiger partial charge < -0.3 is 10.6 Å². The molecule has 1 aromatic carbocycles. The van der Waals surface area contributed by atoms with E-state index in [1.54, 1.807) is 12.1 Å². The maximum atomic E-state index is 11.9. The summed E-state index contributed by atoms with van der Waals surface area (Å²) in [5.74, 6) is 0.418. The van der Waals surface area contributed by atoms with Crippen LogP contribution < -0.4 is 10.6 Å². The highest BCUT2D eigenvalue weighted by atomic mass is 35.5. The molecule has 0 bridgehead atoms. The molecule has 22 heavy (non-hydrogen) atoms. The molecule has 2 rings (SSSR count). The third kappa shape index (κ3) is 4.70. The summed E-state index contributed by atoms with van der Waals surface area (Å²) in [5.41, 5.74) is 1.40. The average molecular weight is 319 g/mol. The van der Waals surface area contributed by atoms with E-state index in [9.17, 15) is 4.79 Å². The molecule has 0 aliphatic heterocycles. The third-order valence-corrected chi connectivity index (χ3v) is 3.53. The molecule has 0 saturated heterocycles. The number of benzene rings is 1. The zero-order valence-electron chi connectivity index (χ0n) is 12.6. The predicted octanol–water partition coefficient (Wildman–Crippen LogP) is 3.27. The first-order chi connectivity index (χ1) is 10.6. The van der Waals surface area contributed by atoms with E-state index in [-0.39, 0.29) is 11.9 Å². The number of halogens is 1. The van der Waals surface area contributed by atoms with Crippen LogP contribution in [0.4, 0.5) is 5.82 Å². The fourth-order valence-corrected chi connectivity index (χ4v) is 1.87. The van der Waals surface area contributed by atoms with Crippen molar-refractivity contribution in [2.45, 2.75) is 32.9 Å². The minimum Gasteiger partial charge on any atom is -0.365 e. The molecule has 0 aliphatic rings. The van der Waals surface area contributed by atoms with Gasteiger partial charge in [-0.25, -0.2) is 0 Å². The summed E-state index contributed by atoms with van der Waals surface area (Å²) in [6.45, 7) is 4.58. The van der Waals surface area contributed by atoms with Crippen LogP contribution in [0.2, 0.25) is 5.02 Å².